The summed E-state index contributed by atoms with van der Waals surface area (Å²) in [6.07, 6.45) is 6.14. The van der Waals surface area contributed by atoms with Gasteiger partial charge in [-0.15, -0.1) is 0 Å². The van der Waals surface area contributed by atoms with Gasteiger partial charge < -0.3 is 0 Å². The molecule has 0 bridgehead atoms. The molecule has 0 unspecified atom stereocenters. The highest BCUT2D eigenvalue weighted by atomic mass is 32.1. The Morgan fingerprint density at radius 3 is 1.88 bits per heavy atom. The molecule has 0 aromatic heterocycles. The van der Waals surface area contributed by atoms with Crippen molar-refractivity contribution in [3.8, 4) is 0 Å². The summed E-state index contributed by atoms with van der Waals surface area (Å²) in [5.41, 5.74) is 1.35. The number of allylic oxidation sites excluding steroid dienone is 4. The van der Waals surface area contributed by atoms with Crippen molar-refractivity contribution in [2.75, 3.05) is 0 Å². The van der Waals surface area contributed by atoms with Gasteiger partial charge in [-0.05, 0) is 20.8 Å². The van der Waals surface area contributed by atoms with E-state index in [4.69, 9.17) is 0 Å². The molecular formula is C7H14S. The van der Waals surface area contributed by atoms with E-state index in [2.05, 4.69) is 19.9 Å². The molecule has 0 rings (SSSR count). The molecule has 0 saturated carbocycles. The molecule has 0 N–H and O–H groups in total. The molecule has 1 heteroatoms. The lowest BCUT2D eigenvalue weighted by Gasteiger charge is -1.77. The van der Waals surface area contributed by atoms with Crippen molar-refractivity contribution < 1.29 is 0 Å². The van der Waals surface area contributed by atoms with Crippen molar-refractivity contribution >= 4 is 13.5 Å². The van der Waals surface area contributed by atoms with Crippen LogP contribution in [0, 0.1) is 0 Å². The van der Waals surface area contributed by atoms with Crippen molar-refractivity contribution in [3.05, 3.63) is 23.8 Å². The Morgan fingerprint density at radius 1 is 1.25 bits per heavy atom. The Bertz CT molecular complexity index is 86.6. The highest BCUT2D eigenvalue weighted by Gasteiger charge is 1.65. The zero-order valence-corrected chi connectivity index (χ0v) is 6.73. The zero-order valence-electron chi connectivity index (χ0n) is 5.73. The molecule has 0 heterocycles. The van der Waals surface area contributed by atoms with Gasteiger partial charge in [-0.1, -0.05) is 23.8 Å². The lowest BCUT2D eigenvalue weighted by atomic mass is 10.3. The summed E-state index contributed by atoms with van der Waals surface area (Å²) in [6.45, 7) is 6.18. The maximum atomic E-state index is 2.08. The van der Waals surface area contributed by atoms with Crippen LogP contribution in [0.25, 0.3) is 0 Å². The van der Waals surface area contributed by atoms with Gasteiger partial charge in [0, 0.05) is 0 Å². The molecule has 48 valence electrons. The normalized spacial score (nSPS) is 8.38. The van der Waals surface area contributed by atoms with E-state index in [0.717, 1.165) is 0 Å². The van der Waals surface area contributed by atoms with Gasteiger partial charge in [0.1, 0.15) is 0 Å². The average molecular weight is 130 g/mol. The minimum atomic E-state index is 0. The largest absolute Gasteiger partial charge is 0.197 e. The van der Waals surface area contributed by atoms with Crippen LogP contribution in [0.15, 0.2) is 23.8 Å². The molecule has 0 aliphatic carbocycles. The molecule has 0 fully saturated rings. The third kappa shape index (κ3) is 9.27. The molecule has 0 radical (unpaired) electrons. The fraction of sp³-hybridized carbons (Fsp3) is 0.429. The van der Waals surface area contributed by atoms with Gasteiger partial charge in [-0.2, -0.15) is 13.5 Å². The summed E-state index contributed by atoms with van der Waals surface area (Å²) in [7, 11) is 0. The lowest BCUT2D eigenvalue weighted by Crippen LogP contribution is -1.56. The van der Waals surface area contributed by atoms with Crippen LogP contribution >= 0.6 is 13.5 Å². The minimum absolute atomic E-state index is 0. The summed E-state index contributed by atoms with van der Waals surface area (Å²) in [5.74, 6) is 0. The van der Waals surface area contributed by atoms with Gasteiger partial charge in [0.05, 0.1) is 0 Å². The Morgan fingerprint density at radius 2 is 1.75 bits per heavy atom. The lowest BCUT2D eigenvalue weighted by molar-refractivity contribution is 1.39. The predicted molar refractivity (Wildman–Crippen MR) is 44.6 cm³/mol. The Balaban J connectivity index is 0. The van der Waals surface area contributed by atoms with Gasteiger partial charge in [-0.3, -0.25) is 0 Å². The number of hydrogen-bond acceptors (Lipinski definition) is 0. The van der Waals surface area contributed by atoms with Crippen LogP contribution in [-0.4, -0.2) is 0 Å². The first-order valence-corrected chi connectivity index (χ1v) is 2.53. The SMILES string of the molecule is C/C=C\C=C(C)C.S. The summed E-state index contributed by atoms with van der Waals surface area (Å²) < 4.78 is 0. The van der Waals surface area contributed by atoms with Gasteiger partial charge in [0.2, 0.25) is 0 Å². The van der Waals surface area contributed by atoms with E-state index in [1.54, 1.807) is 0 Å². The Labute approximate surface area is 58.7 Å². The zero-order chi connectivity index (χ0) is 5.70. The molecule has 0 spiro atoms. The van der Waals surface area contributed by atoms with Crippen molar-refractivity contribution in [3.63, 3.8) is 0 Å². The fourth-order valence-electron chi connectivity index (χ4n) is 0.289. The number of hydrogen-bond donors (Lipinski definition) is 0. The van der Waals surface area contributed by atoms with Crippen LogP contribution in [-0.2, 0) is 0 Å². The summed E-state index contributed by atoms with van der Waals surface area (Å²) in [4.78, 5) is 0. The first-order chi connectivity index (χ1) is 3.27. The molecule has 0 aliphatic heterocycles. The smallest absolute Gasteiger partial charge is 0.0439 e. The summed E-state index contributed by atoms with van der Waals surface area (Å²) in [5, 5.41) is 0. The topological polar surface area (TPSA) is 0 Å². The molecule has 0 atom stereocenters. The second kappa shape index (κ2) is 6.83. The molecule has 0 nitrogen and oxygen atoms in total. The van der Waals surface area contributed by atoms with Gasteiger partial charge in [0.25, 0.3) is 0 Å². The second-order valence-corrected chi connectivity index (χ2v) is 1.77. The Kier molecular flexibility index (Phi) is 9.17. The highest BCUT2D eigenvalue weighted by molar-refractivity contribution is 7.59. The van der Waals surface area contributed by atoms with E-state index >= 15 is 0 Å². The molecule has 0 aromatic rings. The predicted octanol–water partition coefficient (Wildman–Crippen LogP) is 2.64. The van der Waals surface area contributed by atoms with Crippen molar-refractivity contribution in [1.29, 1.82) is 0 Å². The first-order valence-electron chi connectivity index (χ1n) is 2.53. The summed E-state index contributed by atoms with van der Waals surface area (Å²) in [6, 6.07) is 0. The number of rotatable bonds is 1. The minimum Gasteiger partial charge on any atom is -0.197 e. The van der Waals surface area contributed by atoms with Gasteiger partial charge >= 0.3 is 0 Å². The van der Waals surface area contributed by atoms with E-state index < -0.39 is 0 Å². The van der Waals surface area contributed by atoms with Crippen molar-refractivity contribution in [2.24, 2.45) is 0 Å². The first kappa shape index (κ1) is 10.7. The quantitative estimate of drug-likeness (QED) is 0.479. The molecule has 0 aromatic carbocycles. The van der Waals surface area contributed by atoms with Crippen LogP contribution in [0.3, 0.4) is 0 Å². The average Bonchev–Trinajstić information content (AvgIpc) is 1.61. The molecule has 0 saturated heterocycles. The molecule has 8 heavy (non-hydrogen) atoms. The Hall–Kier alpha value is -0.170. The third-order valence-corrected chi connectivity index (χ3v) is 0.622. The fourth-order valence-corrected chi connectivity index (χ4v) is 0.289. The standard InChI is InChI=1S/C7H12.H2S/c1-4-5-6-7(2)3;/h4-6H,1-3H3;1H2/b5-4-;. The van der Waals surface area contributed by atoms with Crippen molar-refractivity contribution in [2.45, 2.75) is 20.8 Å². The molecule has 0 amide bonds. The van der Waals surface area contributed by atoms with Crippen LogP contribution in [0.4, 0.5) is 0 Å². The molecule has 0 aliphatic rings. The maximum Gasteiger partial charge on any atom is -0.0439 e. The van der Waals surface area contributed by atoms with E-state index in [9.17, 15) is 0 Å². The maximum absolute atomic E-state index is 2.08. The highest BCUT2D eigenvalue weighted by Crippen LogP contribution is 1.87. The molecular weight excluding hydrogens is 116 g/mol. The van der Waals surface area contributed by atoms with E-state index in [0.29, 0.717) is 0 Å². The summed E-state index contributed by atoms with van der Waals surface area (Å²) >= 11 is 0. The van der Waals surface area contributed by atoms with E-state index in [1.165, 1.54) is 5.57 Å². The van der Waals surface area contributed by atoms with E-state index in [-0.39, 0.29) is 13.5 Å². The van der Waals surface area contributed by atoms with Crippen LogP contribution in [0.5, 0.6) is 0 Å². The van der Waals surface area contributed by atoms with Crippen molar-refractivity contribution in [1.82, 2.24) is 0 Å². The van der Waals surface area contributed by atoms with Crippen LogP contribution in [0.1, 0.15) is 20.8 Å². The van der Waals surface area contributed by atoms with E-state index in [1.807, 2.05) is 19.1 Å². The monoisotopic (exact) mass is 130 g/mol. The van der Waals surface area contributed by atoms with Gasteiger partial charge in [-0.25, -0.2) is 0 Å². The van der Waals surface area contributed by atoms with Gasteiger partial charge in [0.15, 0.2) is 0 Å². The van der Waals surface area contributed by atoms with Crippen LogP contribution < -0.4 is 0 Å². The third-order valence-electron chi connectivity index (χ3n) is 0.622. The van der Waals surface area contributed by atoms with Crippen LogP contribution in [0.2, 0.25) is 0 Å². The second-order valence-electron chi connectivity index (χ2n) is 1.77.